The summed E-state index contributed by atoms with van der Waals surface area (Å²) in [5.74, 6) is 0.0722. The van der Waals surface area contributed by atoms with Crippen LogP contribution in [0.4, 0.5) is 5.69 Å². The molecule has 142 valence electrons. The van der Waals surface area contributed by atoms with Gasteiger partial charge in [0.1, 0.15) is 0 Å². The number of piperidine rings is 1. The number of benzene rings is 1. The van der Waals surface area contributed by atoms with Crippen LogP contribution in [0.25, 0.3) is 0 Å². The second-order valence-corrected chi connectivity index (χ2v) is 7.58. The van der Waals surface area contributed by atoms with E-state index in [4.69, 9.17) is 0 Å². The van der Waals surface area contributed by atoms with Gasteiger partial charge >= 0.3 is 0 Å². The number of para-hydroxylation sites is 1. The Bertz CT molecular complexity index is 753. The summed E-state index contributed by atoms with van der Waals surface area (Å²) in [6.07, 6.45) is 3.46. The molecule has 0 aliphatic carbocycles. The molecular formula is C21H25N3O2S. The van der Waals surface area contributed by atoms with Gasteiger partial charge in [-0.15, -0.1) is 17.9 Å². The first kappa shape index (κ1) is 19.3. The normalized spacial score (nSPS) is 15.3. The molecule has 0 unspecified atom stereocenters. The van der Waals surface area contributed by atoms with Gasteiger partial charge in [0.25, 0.3) is 5.91 Å². The van der Waals surface area contributed by atoms with Gasteiger partial charge in [-0.3, -0.25) is 14.5 Å². The fourth-order valence-corrected chi connectivity index (χ4v) is 3.89. The Balaban J connectivity index is 1.50. The van der Waals surface area contributed by atoms with E-state index in [9.17, 15) is 9.59 Å². The third-order valence-electron chi connectivity index (χ3n) is 4.71. The fourth-order valence-electron chi connectivity index (χ4n) is 3.26. The average molecular weight is 384 g/mol. The Morgan fingerprint density at radius 1 is 1.19 bits per heavy atom. The smallest absolute Gasteiger partial charge is 0.261 e. The Labute approximate surface area is 164 Å². The molecule has 1 aliphatic rings. The molecule has 6 heteroatoms. The van der Waals surface area contributed by atoms with Gasteiger partial charge in [-0.2, -0.15) is 0 Å². The quantitative estimate of drug-likeness (QED) is 0.747. The summed E-state index contributed by atoms with van der Waals surface area (Å²) in [5, 5.41) is 5.01. The van der Waals surface area contributed by atoms with Gasteiger partial charge < -0.3 is 10.2 Å². The number of nitrogens with one attached hydrogen (secondary N) is 1. The predicted molar refractivity (Wildman–Crippen MR) is 110 cm³/mol. The highest BCUT2D eigenvalue weighted by Crippen LogP contribution is 2.16. The monoisotopic (exact) mass is 383 g/mol. The van der Waals surface area contributed by atoms with Crippen molar-refractivity contribution in [3.8, 4) is 0 Å². The number of nitrogens with zero attached hydrogens (tertiary/aromatic N) is 2. The van der Waals surface area contributed by atoms with E-state index >= 15 is 0 Å². The van der Waals surface area contributed by atoms with Crippen molar-refractivity contribution in [1.82, 2.24) is 10.2 Å². The molecule has 0 radical (unpaired) electrons. The predicted octanol–water partition coefficient (Wildman–Crippen LogP) is 3.16. The number of amides is 2. The zero-order valence-electron chi connectivity index (χ0n) is 15.3. The van der Waals surface area contributed by atoms with Crippen molar-refractivity contribution >= 4 is 28.8 Å². The third kappa shape index (κ3) is 5.28. The molecule has 1 N–H and O–H groups in total. The highest BCUT2D eigenvalue weighted by molar-refractivity contribution is 7.12. The molecular weight excluding hydrogens is 358 g/mol. The summed E-state index contributed by atoms with van der Waals surface area (Å²) in [7, 11) is 0. The van der Waals surface area contributed by atoms with E-state index in [0.29, 0.717) is 13.1 Å². The SMILES string of the molecule is C=CCN(C(=O)CN1CCC(NC(=O)c2cccs2)CC1)c1ccccc1. The molecule has 2 aromatic rings. The van der Waals surface area contributed by atoms with Crippen LogP contribution in [0.15, 0.2) is 60.5 Å². The Morgan fingerprint density at radius 3 is 2.56 bits per heavy atom. The number of thiophene rings is 1. The number of hydrogen-bond donors (Lipinski definition) is 1. The summed E-state index contributed by atoms with van der Waals surface area (Å²) >= 11 is 1.45. The number of anilines is 1. The summed E-state index contributed by atoms with van der Waals surface area (Å²) in [6, 6.07) is 13.6. The lowest BCUT2D eigenvalue weighted by Crippen LogP contribution is -2.48. The van der Waals surface area contributed by atoms with Crippen molar-refractivity contribution in [3.63, 3.8) is 0 Å². The lowest BCUT2D eigenvalue weighted by atomic mass is 10.0. The minimum atomic E-state index is 0.000706. The van der Waals surface area contributed by atoms with Crippen LogP contribution in [0.5, 0.6) is 0 Å². The molecule has 0 spiro atoms. The van der Waals surface area contributed by atoms with Gasteiger partial charge in [0.2, 0.25) is 5.91 Å². The van der Waals surface area contributed by atoms with E-state index in [1.807, 2.05) is 47.8 Å². The van der Waals surface area contributed by atoms with E-state index in [2.05, 4.69) is 16.8 Å². The molecule has 2 amide bonds. The van der Waals surface area contributed by atoms with Crippen LogP contribution in [0.1, 0.15) is 22.5 Å². The summed E-state index contributed by atoms with van der Waals surface area (Å²) < 4.78 is 0. The Morgan fingerprint density at radius 2 is 1.93 bits per heavy atom. The van der Waals surface area contributed by atoms with Crippen molar-refractivity contribution in [2.24, 2.45) is 0 Å². The number of hydrogen-bond acceptors (Lipinski definition) is 4. The van der Waals surface area contributed by atoms with Crippen LogP contribution < -0.4 is 10.2 Å². The van der Waals surface area contributed by atoms with Crippen molar-refractivity contribution in [2.75, 3.05) is 31.1 Å². The van der Waals surface area contributed by atoms with E-state index in [0.717, 1.165) is 36.5 Å². The number of carbonyl (C=O) groups is 2. The molecule has 0 bridgehead atoms. The number of likely N-dealkylation sites (tertiary alicyclic amines) is 1. The van der Waals surface area contributed by atoms with Crippen LogP contribution in [-0.2, 0) is 4.79 Å². The molecule has 1 fully saturated rings. The zero-order chi connectivity index (χ0) is 19.1. The van der Waals surface area contributed by atoms with Crippen LogP contribution in [0.2, 0.25) is 0 Å². The molecule has 0 saturated carbocycles. The summed E-state index contributed by atoms with van der Waals surface area (Å²) in [6.45, 7) is 6.25. The maximum atomic E-state index is 12.8. The van der Waals surface area contributed by atoms with Gasteiger partial charge in [0.05, 0.1) is 11.4 Å². The van der Waals surface area contributed by atoms with Crippen molar-refractivity contribution < 1.29 is 9.59 Å². The Hall–Kier alpha value is -2.44. The number of rotatable bonds is 7. The van der Waals surface area contributed by atoms with Crippen molar-refractivity contribution in [3.05, 3.63) is 65.4 Å². The van der Waals surface area contributed by atoms with Gasteiger partial charge in [-0.25, -0.2) is 0 Å². The van der Waals surface area contributed by atoms with Gasteiger partial charge in [-0.1, -0.05) is 30.3 Å². The molecule has 3 rings (SSSR count). The second-order valence-electron chi connectivity index (χ2n) is 6.63. The van der Waals surface area contributed by atoms with E-state index in [-0.39, 0.29) is 17.9 Å². The van der Waals surface area contributed by atoms with Crippen LogP contribution in [0, 0.1) is 0 Å². The van der Waals surface area contributed by atoms with Crippen molar-refractivity contribution in [2.45, 2.75) is 18.9 Å². The van der Waals surface area contributed by atoms with E-state index in [1.54, 1.807) is 11.0 Å². The maximum absolute atomic E-state index is 12.8. The minimum absolute atomic E-state index is 0.000706. The topological polar surface area (TPSA) is 52.7 Å². The number of carbonyl (C=O) groups excluding carboxylic acids is 2. The van der Waals surface area contributed by atoms with Gasteiger partial charge in [0.15, 0.2) is 0 Å². The second kappa shape index (κ2) is 9.48. The maximum Gasteiger partial charge on any atom is 0.261 e. The molecule has 5 nitrogen and oxygen atoms in total. The standard InChI is InChI=1S/C21H25N3O2S/c1-2-12-24(18-7-4-3-5-8-18)20(25)16-23-13-10-17(11-14-23)22-21(26)19-9-6-15-27-19/h2-9,15,17H,1,10-14,16H2,(H,22,26). The third-order valence-corrected chi connectivity index (χ3v) is 5.58. The summed E-state index contributed by atoms with van der Waals surface area (Å²) in [5.41, 5.74) is 0.889. The van der Waals surface area contributed by atoms with Crippen LogP contribution >= 0.6 is 11.3 Å². The minimum Gasteiger partial charge on any atom is -0.349 e. The van der Waals surface area contributed by atoms with Gasteiger partial charge in [-0.05, 0) is 36.4 Å². The van der Waals surface area contributed by atoms with Crippen LogP contribution in [0.3, 0.4) is 0 Å². The fraction of sp³-hybridized carbons (Fsp3) is 0.333. The first-order valence-corrected chi connectivity index (χ1v) is 10.1. The Kier molecular flexibility index (Phi) is 6.79. The molecule has 1 aromatic heterocycles. The van der Waals surface area contributed by atoms with E-state index < -0.39 is 0 Å². The zero-order valence-corrected chi connectivity index (χ0v) is 16.2. The average Bonchev–Trinajstić information content (AvgIpc) is 3.23. The highest BCUT2D eigenvalue weighted by Gasteiger charge is 2.24. The molecule has 1 aromatic carbocycles. The highest BCUT2D eigenvalue weighted by atomic mass is 32.1. The molecule has 27 heavy (non-hydrogen) atoms. The lowest BCUT2D eigenvalue weighted by Gasteiger charge is -2.33. The van der Waals surface area contributed by atoms with Gasteiger partial charge in [0, 0.05) is 31.4 Å². The summed E-state index contributed by atoms with van der Waals surface area (Å²) in [4.78, 5) is 29.6. The van der Waals surface area contributed by atoms with Crippen molar-refractivity contribution in [1.29, 1.82) is 0 Å². The molecule has 1 aliphatic heterocycles. The molecule has 0 atom stereocenters. The molecule has 2 heterocycles. The van der Waals surface area contributed by atoms with Crippen LogP contribution in [-0.4, -0.2) is 48.9 Å². The van der Waals surface area contributed by atoms with E-state index in [1.165, 1.54) is 11.3 Å². The molecule has 1 saturated heterocycles. The first-order valence-electron chi connectivity index (χ1n) is 9.20. The largest absolute Gasteiger partial charge is 0.349 e. The lowest BCUT2D eigenvalue weighted by molar-refractivity contribution is -0.119. The first-order chi connectivity index (χ1) is 13.2.